The average Bonchev–Trinajstić information content (AvgIpc) is 2.98. The van der Waals surface area contributed by atoms with Gasteiger partial charge in [-0.2, -0.15) is 9.44 Å². The van der Waals surface area contributed by atoms with Gasteiger partial charge in [-0.05, 0) is 43.5 Å². The van der Waals surface area contributed by atoms with E-state index >= 15 is 0 Å². The van der Waals surface area contributed by atoms with Gasteiger partial charge in [0.2, 0.25) is 20.0 Å². The number of hydrogen-bond donors (Lipinski definition) is 4. The highest BCUT2D eigenvalue weighted by Gasteiger charge is 2.30. The maximum atomic E-state index is 13.4. The molecule has 12 nitrogen and oxygen atoms in total. The molecule has 0 amide bonds. The molecular formula is C31H36N4O8S2. The summed E-state index contributed by atoms with van der Waals surface area (Å²) in [7, 11) is -1.35. The minimum atomic E-state index is -4.32. The molecule has 4 aromatic carbocycles. The second-order valence-corrected chi connectivity index (χ2v) is 14.4. The lowest BCUT2D eigenvalue weighted by atomic mass is 10.1. The normalized spacial score (nSPS) is 13.4. The number of aliphatic carboxylic acids is 2. The molecule has 0 aromatic heterocycles. The number of fused-ring (bicyclic) bond motifs is 2. The van der Waals surface area contributed by atoms with Crippen LogP contribution in [0.15, 0.2) is 82.6 Å². The van der Waals surface area contributed by atoms with E-state index in [1.54, 1.807) is 48.5 Å². The molecule has 2 unspecified atom stereocenters. The molecule has 45 heavy (non-hydrogen) atoms. The van der Waals surface area contributed by atoms with Gasteiger partial charge in [0.15, 0.2) is 0 Å². The Morgan fingerprint density at radius 2 is 0.933 bits per heavy atom. The van der Waals surface area contributed by atoms with Crippen molar-refractivity contribution in [1.29, 1.82) is 0 Å². The quantitative estimate of drug-likeness (QED) is 0.157. The number of rotatable bonds is 14. The van der Waals surface area contributed by atoms with Crippen LogP contribution in [0.1, 0.15) is 19.3 Å². The van der Waals surface area contributed by atoms with Crippen molar-refractivity contribution in [2.75, 3.05) is 38.0 Å². The first kappa shape index (κ1) is 33.6. The van der Waals surface area contributed by atoms with Gasteiger partial charge in [0.1, 0.15) is 12.1 Å². The van der Waals surface area contributed by atoms with Gasteiger partial charge in [-0.15, -0.1) is 0 Å². The lowest BCUT2D eigenvalue weighted by Gasteiger charge is -2.20. The van der Waals surface area contributed by atoms with Gasteiger partial charge in [0, 0.05) is 61.1 Å². The first-order chi connectivity index (χ1) is 21.1. The number of benzene rings is 4. The van der Waals surface area contributed by atoms with E-state index < -0.39 is 44.1 Å². The molecule has 0 spiro atoms. The highest BCUT2D eigenvalue weighted by atomic mass is 32.2. The number of anilines is 2. The van der Waals surface area contributed by atoms with E-state index in [1.165, 1.54) is 12.1 Å². The first-order valence-electron chi connectivity index (χ1n) is 14.0. The van der Waals surface area contributed by atoms with Crippen LogP contribution < -0.4 is 19.2 Å². The Kier molecular flexibility index (Phi) is 10.0. The highest BCUT2D eigenvalue weighted by Crippen LogP contribution is 2.32. The van der Waals surface area contributed by atoms with Gasteiger partial charge in [-0.3, -0.25) is 9.59 Å². The summed E-state index contributed by atoms with van der Waals surface area (Å²) in [5, 5.41) is 21.8. The van der Waals surface area contributed by atoms with E-state index in [4.69, 9.17) is 0 Å². The Hall–Kier alpha value is -4.24. The molecule has 240 valence electrons. The fraction of sp³-hybridized carbons (Fsp3) is 0.290. The Bertz CT molecular complexity index is 1820. The molecule has 4 N–H and O–H groups in total. The van der Waals surface area contributed by atoms with Gasteiger partial charge in [0.25, 0.3) is 0 Å². The highest BCUT2D eigenvalue weighted by molar-refractivity contribution is 7.90. The average molecular weight is 657 g/mol. The van der Waals surface area contributed by atoms with Crippen molar-refractivity contribution in [2.24, 2.45) is 0 Å². The van der Waals surface area contributed by atoms with E-state index in [0.29, 0.717) is 21.5 Å². The molecule has 0 bridgehead atoms. The van der Waals surface area contributed by atoms with E-state index in [1.807, 2.05) is 50.1 Å². The Morgan fingerprint density at radius 3 is 1.27 bits per heavy atom. The van der Waals surface area contributed by atoms with Gasteiger partial charge in [-0.1, -0.05) is 48.5 Å². The number of hydrogen-bond acceptors (Lipinski definition) is 8. The zero-order valence-electron chi connectivity index (χ0n) is 25.3. The Balaban J connectivity index is 1.52. The molecule has 14 heteroatoms. The lowest BCUT2D eigenvalue weighted by molar-refractivity contribution is -0.139. The van der Waals surface area contributed by atoms with Gasteiger partial charge < -0.3 is 20.0 Å². The number of nitrogens with one attached hydrogen (secondary N) is 2. The molecule has 0 saturated carbocycles. The molecule has 4 aromatic rings. The summed E-state index contributed by atoms with van der Waals surface area (Å²) in [4.78, 5) is 27.6. The lowest BCUT2D eigenvalue weighted by Crippen LogP contribution is -2.42. The molecular weight excluding hydrogens is 620 g/mol. The fourth-order valence-electron chi connectivity index (χ4n) is 5.27. The van der Waals surface area contributed by atoms with E-state index in [2.05, 4.69) is 9.44 Å². The first-order valence-corrected chi connectivity index (χ1v) is 17.0. The number of nitrogens with zero attached hydrogens (tertiary/aromatic N) is 2. The van der Waals surface area contributed by atoms with Crippen LogP contribution in [0.3, 0.4) is 0 Å². The number of carboxylic acid groups (broad SMARTS) is 2. The summed E-state index contributed by atoms with van der Waals surface area (Å²) in [5.74, 6) is -2.90. The summed E-state index contributed by atoms with van der Waals surface area (Å²) in [6.07, 6.45) is -0.678. The maximum Gasteiger partial charge on any atom is 0.321 e. The molecule has 0 saturated heterocycles. The van der Waals surface area contributed by atoms with Crippen LogP contribution in [0, 0.1) is 0 Å². The van der Waals surface area contributed by atoms with Crippen LogP contribution in [0.4, 0.5) is 11.4 Å². The van der Waals surface area contributed by atoms with Crippen molar-refractivity contribution in [1.82, 2.24) is 9.44 Å². The number of carbonyl (C=O) groups is 2. The van der Waals surface area contributed by atoms with Crippen LogP contribution in [0.2, 0.25) is 0 Å². The molecule has 0 aliphatic heterocycles. The van der Waals surface area contributed by atoms with Crippen LogP contribution in [0.5, 0.6) is 0 Å². The van der Waals surface area contributed by atoms with Crippen molar-refractivity contribution >= 4 is 64.9 Å². The fourth-order valence-corrected chi connectivity index (χ4v) is 8.16. The van der Waals surface area contributed by atoms with E-state index in [0.717, 1.165) is 11.4 Å². The summed E-state index contributed by atoms with van der Waals surface area (Å²) >= 11 is 0. The predicted octanol–water partition coefficient (Wildman–Crippen LogP) is 3.46. The second kappa shape index (κ2) is 13.4. The summed E-state index contributed by atoms with van der Waals surface area (Å²) < 4.78 is 58.0. The summed E-state index contributed by atoms with van der Waals surface area (Å²) in [6.45, 7) is 0. The molecule has 0 heterocycles. The predicted molar refractivity (Wildman–Crippen MR) is 174 cm³/mol. The van der Waals surface area contributed by atoms with Gasteiger partial charge >= 0.3 is 11.9 Å². The summed E-state index contributed by atoms with van der Waals surface area (Å²) in [6, 6.07) is 16.6. The zero-order chi connectivity index (χ0) is 33.1. The standard InChI is InChI=1S/C31H36N4O8S2/c1-34(2)26-16-5-12-22-20(26)10-7-18-28(22)44(40,41)32-24(30(36)37)14-9-15-25(31(38)39)33-45(42,43)29-19-8-11-21-23(29)13-6-17-27(21)35(3)4/h5-8,10-13,16-19,24-25,32-33H,9,14-15H2,1-4H3,(H,36,37)(H,38,39). The van der Waals surface area contributed by atoms with Crippen LogP contribution in [-0.4, -0.2) is 79.3 Å². The van der Waals surface area contributed by atoms with Crippen molar-refractivity contribution in [3.8, 4) is 0 Å². The third kappa shape index (κ3) is 7.36. The summed E-state index contributed by atoms with van der Waals surface area (Å²) in [5.41, 5.74) is 1.56. The van der Waals surface area contributed by atoms with Crippen LogP contribution >= 0.6 is 0 Å². The zero-order valence-corrected chi connectivity index (χ0v) is 26.9. The third-order valence-electron chi connectivity index (χ3n) is 7.44. The van der Waals surface area contributed by atoms with E-state index in [9.17, 15) is 36.6 Å². The van der Waals surface area contributed by atoms with E-state index in [-0.39, 0.29) is 29.1 Å². The van der Waals surface area contributed by atoms with Gasteiger partial charge in [-0.25, -0.2) is 16.8 Å². The smallest absolute Gasteiger partial charge is 0.321 e. The van der Waals surface area contributed by atoms with Crippen molar-refractivity contribution in [2.45, 2.75) is 41.1 Å². The Morgan fingerprint density at radius 1 is 0.600 bits per heavy atom. The molecule has 4 rings (SSSR count). The Labute approximate surface area is 262 Å². The number of sulfonamides is 2. The SMILES string of the molecule is CN(C)c1cccc2c(S(=O)(=O)NC(CCCC(NS(=O)(=O)c3cccc4c(N(C)C)cccc34)C(=O)O)C(=O)O)cccc12. The minimum Gasteiger partial charge on any atom is -0.480 e. The number of carboxylic acids is 2. The largest absolute Gasteiger partial charge is 0.480 e. The molecule has 2 atom stereocenters. The van der Waals surface area contributed by atoms with Crippen molar-refractivity contribution in [3.05, 3.63) is 72.8 Å². The van der Waals surface area contributed by atoms with Gasteiger partial charge in [0.05, 0.1) is 9.79 Å². The van der Waals surface area contributed by atoms with Crippen molar-refractivity contribution < 1.29 is 36.6 Å². The molecule has 0 fully saturated rings. The van der Waals surface area contributed by atoms with Crippen LogP contribution in [0.25, 0.3) is 21.5 Å². The van der Waals surface area contributed by atoms with Crippen molar-refractivity contribution in [3.63, 3.8) is 0 Å². The molecule has 0 aliphatic carbocycles. The minimum absolute atomic E-state index is 0.0985. The second-order valence-electron chi connectivity index (χ2n) is 11.0. The monoisotopic (exact) mass is 656 g/mol. The topological polar surface area (TPSA) is 173 Å². The molecule has 0 radical (unpaired) electrons. The van der Waals surface area contributed by atoms with Crippen LogP contribution in [-0.2, 0) is 29.6 Å². The maximum absolute atomic E-state index is 13.4. The third-order valence-corrected chi connectivity index (χ3v) is 10.5. The molecule has 0 aliphatic rings.